The highest BCUT2D eigenvalue weighted by Crippen LogP contribution is 2.25. The van der Waals surface area contributed by atoms with Crippen LogP contribution in [0.3, 0.4) is 0 Å². The third-order valence-corrected chi connectivity index (χ3v) is 7.39. The van der Waals surface area contributed by atoms with Gasteiger partial charge < -0.3 is 10.1 Å². The van der Waals surface area contributed by atoms with Gasteiger partial charge in [-0.15, -0.1) is 0 Å². The fourth-order valence-corrected chi connectivity index (χ4v) is 4.93. The summed E-state index contributed by atoms with van der Waals surface area (Å²) >= 11 is 0. The fourth-order valence-electron chi connectivity index (χ4n) is 3.46. The normalized spacial score (nSPS) is 16.1. The molecule has 3 rings (SSSR count). The molecule has 10 heteroatoms. The first kappa shape index (κ1) is 24.5. The Bertz CT molecular complexity index is 1140. The number of hydrogen-bond donors (Lipinski definition) is 1. The number of carbonyl (C=O) groups is 3. The van der Waals surface area contributed by atoms with Gasteiger partial charge >= 0.3 is 5.97 Å². The smallest absolute Gasteiger partial charge is 0.309 e. The number of benzene rings is 2. The number of piperidine rings is 1. The third-order valence-electron chi connectivity index (χ3n) is 5.48. The summed E-state index contributed by atoms with van der Waals surface area (Å²) in [5, 5.41) is 2.37. The van der Waals surface area contributed by atoms with E-state index in [1.165, 1.54) is 60.6 Å². The van der Waals surface area contributed by atoms with Crippen molar-refractivity contribution in [2.24, 2.45) is 5.92 Å². The number of ketones is 1. The number of sulfonamides is 1. The Balaban J connectivity index is 1.54. The summed E-state index contributed by atoms with van der Waals surface area (Å²) < 4.78 is 45.9. The second-order valence-corrected chi connectivity index (χ2v) is 9.75. The van der Waals surface area contributed by atoms with Gasteiger partial charge in [-0.05, 0) is 51.0 Å². The van der Waals surface area contributed by atoms with Crippen LogP contribution in [0.2, 0.25) is 0 Å². The molecule has 0 aromatic heterocycles. The van der Waals surface area contributed by atoms with Crippen LogP contribution < -0.4 is 5.32 Å². The highest BCUT2D eigenvalue weighted by Gasteiger charge is 2.34. The van der Waals surface area contributed by atoms with Crippen LogP contribution in [0.1, 0.15) is 37.0 Å². The molecule has 1 heterocycles. The van der Waals surface area contributed by atoms with E-state index in [2.05, 4.69) is 5.32 Å². The zero-order valence-electron chi connectivity index (χ0n) is 18.3. The third kappa shape index (κ3) is 5.82. The Morgan fingerprint density at radius 2 is 1.67 bits per heavy atom. The molecule has 1 aliphatic rings. The molecule has 0 radical (unpaired) electrons. The monoisotopic (exact) mass is 476 g/mol. The minimum Gasteiger partial charge on any atom is -0.452 e. The van der Waals surface area contributed by atoms with Crippen LogP contribution in [0.4, 0.5) is 10.1 Å². The Morgan fingerprint density at radius 3 is 2.24 bits per heavy atom. The lowest BCUT2D eigenvalue weighted by Gasteiger charge is -2.30. The number of Topliss-reactive ketones (excluding diaryl/α,β-unsaturated/α-hetero) is 1. The van der Waals surface area contributed by atoms with Gasteiger partial charge in [0, 0.05) is 18.7 Å². The number of hydrogen-bond acceptors (Lipinski definition) is 6. The van der Waals surface area contributed by atoms with Crippen LogP contribution in [0.15, 0.2) is 53.4 Å². The van der Waals surface area contributed by atoms with Gasteiger partial charge in [-0.25, -0.2) is 12.8 Å². The molecule has 0 saturated carbocycles. The number of para-hydroxylation sites is 1. The van der Waals surface area contributed by atoms with E-state index >= 15 is 0 Å². The largest absolute Gasteiger partial charge is 0.452 e. The maximum Gasteiger partial charge on any atom is 0.309 e. The lowest BCUT2D eigenvalue weighted by molar-refractivity contribution is -0.158. The molecule has 176 valence electrons. The molecule has 8 nitrogen and oxygen atoms in total. The molecule has 1 N–H and O–H groups in total. The lowest BCUT2D eigenvalue weighted by Crippen LogP contribution is -2.41. The molecule has 1 saturated heterocycles. The Morgan fingerprint density at radius 1 is 1.06 bits per heavy atom. The van der Waals surface area contributed by atoms with Crippen molar-refractivity contribution in [2.75, 3.05) is 18.4 Å². The van der Waals surface area contributed by atoms with Crippen molar-refractivity contribution < 1.29 is 31.9 Å². The predicted molar refractivity (Wildman–Crippen MR) is 119 cm³/mol. The summed E-state index contributed by atoms with van der Waals surface area (Å²) in [6.45, 7) is 3.02. The molecule has 33 heavy (non-hydrogen) atoms. The maximum absolute atomic E-state index is 13.7. The van der Waals surface area contributed by atoms with Crippen molar-refractivity contribution >= 4 is 33.4 Å². The summed E-state index contributed by atoms with van der Waals surface area (Å²) in [7, 11) is -3.76. The highest BCUT2D eigenvalue weighted by atomic mass is 32.2. The summed E-state index contributed by atoms with van der Waals surface area (Å²) in [4.78, 5) is 36.2. The van der Waals surface area contributed by atoms with Crippen LogP contribution in [0.5, 0.6) is 0 Å². The molecule has 0 bridgehead atoms. The van der Waals surface area contributed by atoms with E-state index in [1.54, 1.807) is 6.07 Å². The second-order valence-electron chi connectivity index (χ2n) is 7.81. The van der Waals surface area contributed by atoms with Crippen molar-refractivity contribution in [2.45, 2.75) is 37.7 Å². The molecular formula is C23H25FN2O6S. The summed E-state index contributed by atoms with van der Waals surface area (Å²) in [5.74, 6) is -2.58. The van der Waals surface area contributed by atoms with Gasteiger partial charge in [-0.3, -0.25) is 14.4 Å². The van der Waals surface area contributed by atoms with Gasteiger partial charge in [0.25, 0.3) is 5.91 Å². The molecule has 2 aromatic carbocycles. The molecule has 0 unspecified atom stereocenters. The first-order valence-corrected chi connectivity index (χ1v) is 11.9. The minimum absolute atomic E-state index is 0.0137. The van der Waals surface area contributed by atoms with Crippen LogP contribution >= 0.6 is 0 Å². The zero-order chi connectivity index (χ0) is 24.2. The van der Waals surface area contributed by atoms with Gasteiger partial charge in [0.15, 0.2) is 11.9 Å². The van der Waals surface area contributed by atoms with E-state index in [0.29, 0.717) is 5.56 Å². The molecule has 1 amide bonds. The maximum atomic E-state index is 13.7. The quantitative estimate of drug-likeness (QED) is 0.486. The molecule has 2 aromatic rings. The van der Waals surface area contributed by atoms with Gasteiger partial charge in [-0.2, -0.15) is 4.31 Å². The average molecular weight is 477 g/mol. The summed E-state index contributed by atoms with van der Waals surface area (Å²) in [5.41, 5.74) is 0.406. The standard InChI is InChI=1S/C23H25FN2O6S/c1-15(27)17-7-9-19(10-8-17)33(30,31)26-13-11-18(12-14-26)23(29)32-16(2)22(28)25-21-6-4-3-5-20(21)24/h3-10,16,18H,11-14H2,1-2H3,(H,25,28)/t16-/m0/s1. The van der Waals surface area contributed by atoms with Crippen molar-refractivity contribution in [1.82, 2.24) is 4.31 Å². The number of halogens is 1. The van der Waals surface area contributed by atoms with E-state index in [9.17, 15) is 27.2 Å². The molecule has 1 atom stereocenters. The van der Waals surface area contributed by atoms with E-state index in [0.717, 1.165) is 0 Å². The average Bonchev–Trinajstić information content (AvgIpc) is 2.80. The van der Waals surface area contributed by atoms with Gasteiger partial charge in [0.05, 0.1) is 16.5 Å². The predicted octanol–water partition coefficient (Wildman–Crippen LogP) is 3.00. The molecule has 1 aliphatic heterocycles. The number of nitrogens with one attached hydrogen (secondary N) is 1. The summed E-state index contributed by atoms with van der Waals surface area (Å²) in [6, 6.07) is 11.4. The SMILES string of the molecule is CC(=O)c1ccc(S(=O)(=O)N2CCC(C(=O)O[C@@H](C)C(=O)Nc3ccccc3F)CC2)cc1. The Kier molecular flexibility index (Phi) is 7.60. The van der Waals surface area contributed by atoms with Crippen molar-refractivity contribution in [3.8, 4) is 0 Å². The number of esters is 1. The van der Waals surface area contributed by atoms with E-state index in [-0.39, 0.29) is 42.3 Å². The molecule has 0 aliphatic carbocycles. The van der Waals surface area contributed by atoms with Gasteiger partial charge in [0.2, 0.25) is 10.0 Å². The molecular weight excluding hydrogens is 451 g/mol. The van der Waals surface area contributed by atoms with Gasteiger partial charge in [-0.1, -0.05) is 24.3 Å². The van der Waals surface area contributed by atoms with Crippen molar-refractivity contribution in [3.63, 3.8) is 0 Å². The number of nitrogens with zero attached hydrogens (tertiary/aromatic N) is 1. The van der Waals surface area contributed by atoms with E-state index in [1.807, 2.05) is 0 Å². The number of rotatable bonds is 7. The number of carbonyl (C=O) groups excluding carboxylic acids is 3. The zero-order valence-corrected chi connectivity index (χ0v) is 19.1. The topological polar surface area (TPSA) is 110 Å². The number of amides is 1. The van der Waals surface area contributed by atoms with E-state index < -0.39 is 39.7 Å². The second kappa shape index (κ2) is 10.2. The Hall–Kier alpha value is -3.11. The first-order valence-electron chi connectivity index (χ1n) is 10.5. The van der Waals surface area contributed by atoms with Crippen LogP contribution in [0.25, 0.3) is 0 Å². The highest BCUT2D eigenvalue weighted by molar-refractivity contribution is 7.89. The molecule has 0 spiro atoms. The lowest BCUT2D eigenvalue weighted by atomic mass is 9.98. The van der Waals surface area contributed by atoms with E-state index in [4.69, 9.17) is 4.74 Å². The molecule has 1 fully saturated rings. The number of anilines is 1. The fraction of sp³-hybridized carbons (Fsp3) is 0.348. The first-order chi connectivity index (χ1) is 15.6. The van der Waals surface area contributed by atoms with Crippen molar-refractivity contribution in [1.29, 1.82) is 0 Å². The van der Waals surface area contributed by atoms with Gasteiger partial charge in [0.1, 0.15) is 5.82 Å². The number of ether oxygens (including phenoxy) is 1. The van der Waals surface area contributed by atoms with Crippen molar-refractivity contribution in [3.05, 3.63) is 59.9 Å². The van der Waals surface area contributed by atoms with Crippen LogP contribution in [0, 0.1) is 11.7 Å². The Labute approximate surface area is 191 Å². The summed E-state index contributed by atoms with van der Waals surface area (Å²) in [6.07, 6.45) is -0.658. The van der Waals surface area contributed by atoms with Crippen LogP contribution in [-0.4, -0.2) is 49.6 Å². The minimum atomic E-state index is -3.76. The van der Waals surface area contributed by atoms with Crippen LogP contribution in [-0.2, 0) is 24.3 Å².